The van der Waals surface area contributed by atoms with Crippen molar-refractivity contribution in [3.63, 3.8) is 0 Å². The third-order valence-corrected chi connectivity index (χ3v) is 2.74. The predicted octanol–water partition coefficient (Wildman–Crippen LogP) is 0.143. The number of esters is 1. The first-order chi connectivity index (χ1) is 9.83. The van der Waals surface area contributed by atoms with E-state index in [1.54, 1.807) is 0 Å². The number of carbonyl (C=O) groups excluding carboxylic acids is 1. The van der Waals surface area contributed by atoms with Crippen molar-refractivity contribution in [1.82, 2.24) is 0 Å². The molecule has 0 spiro atoms. The molecule has 2 unspecified atom stereocenters. The Bertz CT molecular complexity index is 547. The molecule has 0 heterocycles. The maximum Gasteiger partial charge on any atom is 0.338 e. The number of nitrogens with two attached hydrogens (primary N) is 1. The summed E-state index contributed by atoms with van der Waals surface area (Å²) in [6, 6.07) is 2.28. The van der Waals surface area contributed by atoms with Gasteiger partial charge in [-0.2, -0.15) is 0 Å². The Morgan fingerprint density at radius 3 is 2.57 bits per heavy atom. The van der Waals surface area contributed by atoms with E-state index < -0.39 is 28.8 Å². The smallest absolute Gasteiger partial charge is 0.338 e. The number of nitro benzene ring substituents is 1. The lowest BCUT2D eigenvalue weighted by Crippen LogP contribution is -2.30. The van der Waals surface area contributed by atoms with Crippen LogP contribution in [-0.2, 0) is 9.53 Å². The van der Waals surface area contributed by atoms with Gasteiger partial charge in [0.05, 0.1) is 24.7 Å². The first-order valence-corrected chi connectivity index (χ1v) is 5.98. The molecule has 1 aromatic carbocycles. The summed E-state index contributed by atoms with van der Waals surface area (Å²) in [5, 5.41) is 30.6. The molecule has 4 N–H and O–H groups in total. The Kier molecular flexibility index (Phi) is 5.44. The fourth-order valence-electron chi connectivity index (χ4n) is 1.67. The standard InChI is InChI=1S/C12H16N2O7/c1-3-21-12(17)11(16)10(15)7-4-6(20-2)5-8(9(7)13)14(18)19/h4-5,10-11,15-16H,3,13H2,1-2H3. The summed E-state index contributed by atoms with van der Waals surface area (Å²) in [7, 11) is 1.27. The minimum absolute atomic E-state index is 0.0103. The van der Waals surface area contributed by atoms with Crippen LogP contribution < -0.4 is 10.5 Å². The number of hydrogen-bond donors (Lipinski definition) is 3. The summed E-state index contributed by atoms with van der Waals surface area (Å²) < 4.78 is 9.44. The number of hydrogen-bond acceptors (Lipinski definition) is 8. The zero-order valence-corrected chi connectivity index (χ0v) is 11.5. The van der Waals surface area contributed by atoms with Crippen LogP contribution in [-0.4, -0.2) is 40.9 Å². The second kappa shape index (κ2) is 6.86. The van der Waals surface area contributed by atoms with Crippen LogP contribution in [0.15, 0.2) is 12.1 Å². The Hall–Kier alpha value is -2.39. The Balaban J connectivity index is 3.25. The maximum absolute atomic E-state index is 11.4. The van der Waals surface area contributed by atoms with Crippen molar-refractivity contribution in [1.29, 1.82) is 0 Å². The quantitative estimate of drug-likeness (QED) is 0.291. The van der Waals surface area contributed by atoms with Gasteiger partial charge in [0.1, 0.15) is 17.5 Å². The molecule has 0 radical (unpaired) electrons. The molecule has 0 aliphatic heterocycles. The minimum Gasteiger partial charge on any atom is -0.496 e. The molecular formula is C12H16N2O7. The number of carbonyl (C=O) groups is 1. The minimum atomic E-state index is -1.92. The van der Waals surface area contributed by atoms with Crippen molar-refractivity contribution in [2.24, 2.45) is 0 Å². The van der Waals surface area contributed by atoms with E-state index in [4.69, 9.17) is 10.5 Å². The molecule has 21 heavy (non-hydrogen) atoms. The van der Waals surface area contributed by atoms with Crippen LogP contribution in [0.2, 0.25) is 0 Å². The van der Waals surface area contributed by atoms with Crippen LogP contribution >= 0.6 is 0 Å². The van der Waals surface area contributed by atoms with E-state index >= 15 is 0 Å². The molecule has 116 valence electrons. The molecule has 1 aromatic rings. The van der Waals surface area contributed by atoms with Crippen molar-refractivity contribution >= 4 is 17.3 Å². The van der Waals surface area contributed by atoms with Crippen LogP contribution in [0.5, 0.6) is 5.75 Å². The van der Waals surface area contributed by atoms with Gasteiger partial charge in [-0.15, -0.1) is 0 Å². The van der Waals surface area contributed by atoms with Gasteiger partial charge in [0, 0.05) is 5.56 Å². The number of benzene rings is 1. The average Bonchev–Trinajstić information content (AvgIpc) is 2.45. The normalized spacial score (nSPS) is 13.3. The van der Waals surface area contributed by atoms with Crippen molar-refractivity contribution in [2.75, 3.05) is 19.5 Å². The fourth-order valence-corrected chi connectivity index (χ4v) is 1.67. The molecule has 0 aliphatic carbocycles. The van der Waals surface area contributed by atoms with Crippen LogP contribution in [0.4, 0.5) is 11.4 Å². The number of aliphatic hydroxyl groups is 2. The summed E-state index contributed by atoms with van der Waals surface area (Å²) in [6.45, 7) is 1.54. The van der Waals surface area contributed by atoms with Gasteiger partial charge in [-0.1, -0.05) is 0 Å². The zero-order chi connectivity index (χ0) is 16.2. The second-order valence-corrected chi connectivity index (χ2v) is 4.05. The third kappa shape index (κ3) is 3.58. The van der Waals surface area contributed by atoms with Crippen LogP contribution in [0.1, 0.15) is 18.6 Å². The zero-order valence-electron chi connectivity index (χ0n) is 11.5. The first-order valence-electron chi connectivity index (χ1n) is 5.98. The van der Waals surface area contributed by atoms with Crippen LogP contribution in [0.3, 0.4) is 0 Å². The number of methoxy groups -OCH3 is 1. The van der Waals surface area contributed by atoms with Crippen molar-refractivity contribution in [3.05, 3.63) is 27.8 Å². The summed E-state index contributed by atoms with van der Waals surface area (Å²) in [5.74, 6) is -1.00. The van der Waals surface area contributed by atoms with Gasteiger partial charge in [0.25, 0.3) is 5.69 Å². The molecule has 9 heteroatoms. The van der Waals surface area contributed by atoms with Gasteiger partial charge in [-0.3, -0.25) is 10.1 Å². The maximum atomic E-state index is 11.4. The van der Waals surface area contributed by atoms with E-state index in [0.717, 1.165) is 6.07 Å². The number of anilines is 1. The van der Waals surface area contributed by atoms with Gasteiger partial charge in [-0.25, -0.2) is 4.79 Å². The highest BCUT2D eigenvalue weighted by Gasteiger charge is 2.31. The third-order valence-electron chi connectivity index (χ3n) is 2.74. The lowest BCUT2D eigenvalue weighted by molar-refractivity contribution is -0.384. The molecule has 0 fully saturated rings. The van der Waals surface area contributed by atoms with Gasteiger partial charge in [-0.05, 0) is 13.0 Å². The molecule has 2 atom stereocenters. The van der Waals surface area contributed by atoms with Gasteiger partial charge >= 0.3 is 5.97 Å². The molecule has 0 saturated heterocycles. The molecule has 0 amide bonds. The van der Waals surface area contributed by atoms with E-state index in [1.165, 1.54) is 20.1 Å². The number of ether oxygens (including phenoxy) is 2. The molecular weight excluding hydrogens is 284 g/mol. The molecule has 1 rings (SSSR count). The lowest BCUT2D eigenvalue weighted by Gasteiger charge is -2.18. The molecule has 0 aliphatic rings. The van der Waals surface area contributed by atoms with Gasteiger partial charge in [0.2, 0.25) is 0 Å². The van der Waals surface area contributed by atoms with Crippen molar-refractivity contribution in [3.8, 4) is 5.75 Å². The van der Waals surface area contributed by atoms with E-state index in [0.29, 0.717) is 0 Å². The Morgan fingerprint density at radius 1 is 1.48 bits per heavy atom. The largest absolute Gasteiger partial charge is 0.496 e. The summed E-state index contributed by atoms with van der Waals surface area (Å²) >= 11 is 0. The van der Waals surface area contributed by atoms with Crippen LogP contribution in [0.25, 0.3) is 0 Å². The lowest BCUT2D eigenvalue weighted by atomic mass is 10.0. The fraction of sp³-hybridized carbons (Fsp3) is 0.417. The van der Waals surface area contributed by atoms with Gasteiger partial charge in [0.15, 0.2) is 6.10 Å². The Morgan fingerprint density at radius 2 is 2.10 bits per heavy atom. The van der Waals surface area contributed by atoms with E-state index in [9.17, 15) is 25.1 Å². The highest BCUT2D eigenvalue weighted by atomic mass is 16.6. The number of nitro groups is 1. The topological polar surface area (TPSA) is 145 Å². The van der Waals surface area contributed by atoms with E-state index in [2.05, 4.69) is 4.74 Å². The second-order valence-electron chi connectivity index (χ2n) is 4.05. The van der Waals surface area contributed by atoms with E-state index in [-0.39, 0.29) is 23.6 Å². The SMILES string of the molecule is CCOC(=O)C(O)C(O)c1cc(OC)cc([N+](=O)[O-])c1N. The monoisotopic (exact) mass is 300 g/mol. The Labute approximate surface area is 120 Å². The van der Waals surface area contributed by atoms with Crippen LogP contribution in [0, 0.1) is 10.1 Å². The van der Waals surface area contributed by atoms with Crippen molar-refractivity contribution in [2.45, 2.75) is 19.1 Å². The highest BCUT2D eigenvalue weighted by molar-refractivity contribution is 5.77. The predicted molar refractivity (Wildman–Crippen MR) is 71.7 cm³/mol. The number of nitrogen functional groups attached to an aromatic ring is 1. The number of rotatable bonds is 6. The van der Waals surface area contributed by atoms with Crippen molar-refractivity contribution < 1.29 is 29.4 Å². The summed E-state index contributed by atoms with van der Waals surface area (Å²) in [6.07, 6.45) is -3.70. The summed E-state index contributed by atoms with van der Waals surface area (Å²) in [4.78, 5) is 21.6. The summed E-state index contributed by atoms with van der Waals surface area (Å²) in [5.41, 5.74) is 4.54. The molecule has 0 aromatic heterocycles. The number of aliphatic hydroxyl groups excluding tert-OH is 2. The number of nitrogens with zero attached hydrogens (tertiary/aromatic N) is 1. The molecule has 9 nitrogen and oxygen atoms in total. The highest BCUT2D eigenvalue weighted by Crippen LogP contribution is 2.35. The molecule has 0 saturated carbocycles. The first kappa shape index (κ1) is 16.7. The van der Waals surface area contributed by atoms with Gasteiger partial charge < -0.3 is 25.4 Å². The van der Waals surface area contributed by atoms with E-state index in [1.807, 2.05) is 0 Å². The molecule has 0 bridgehead atoms. The average molecular weight is 300 g/mol.